The molecule has 0 fully saturated rings. The second-order valence-electron chi connectivity index (χ2n) is 4.98. The highest BCUT2D eigenvalue weighted by atomic mass is 16.1. The zero-order valence-electron chi connectivity index (χ0n) is 10.9. The van der Waals surface area contributed by atoms with Crippen molar-refractivity contribution in [1.29, 1.82) is 0 Å². The van der Waals surface area contributed by atoms with Gasteiger partial charge in [0.05, 0.1) is 5.41 Å². The first-order valence-corrected chi connectivity index (χ1v) is 6.08. The molecule has 0 aromatic rings. The molecule has 0 aliphatic rings. The van der Waals surface area contributed by atoms with Crippen LogP contribution >= 0.6 is 0 Å². The summed E-state index contributed by atoms with van der Waals surface area (Å²) in [6, 6.07) is 0.460. The number of carbonyl (C=O) groups excluding carboxylic acids is 1. The van der Waals surface area contributed by atoms with Gasteiger partial charge in [-0.1, -0.05) is 19.4 Å². The van der Waals surface area contributed by atoms with Crippen molar-refractivity contribution >= 4 is 5.91 Å². The summed E-state index contributed by atoms with van der Waals surface area (Å²) in [4.78, 5) is 11.2. The van der Waals surface area contributed by atoms with Crippen LogP contribution in [0.4, 0.5) is 0 Å². The third-order valence-corrected chi connectivity index (χ3v) is 2.86. The molecule has 0 heterocycles. The van der Waals surface area contributed by atoms with Gasteiger partial charge in [0, 0.05) is 12.6 Å². The molecule has 94 valence electrons. The lowest BCUT2D eigenvalue weighted by Crippen LogP contribution is -2.43. The SMILES string of the molecule is C=CCCC(CCC)NCC(C)(C)C(N)=O. The highest BCUT2D eigenvalue weighted by Gasteiger charge is 2.25. The van der Waals surface area contributed by atoms with E-state index in [0.717, 1.165) is 25.7 Å². The minimum Gasteiger partial charge on any atom is -0.369 e. The molecule has 0 rings (SSSR count). The minimum absolute atomic E-state index is 0.251. The van der Waals surface area contributed by atoms with E-state index in [1.54, 1.807) is 0 Å². The fraction of sp³-hybridized carbons (Fsp3) is 0.769. The molecule has 0 bridgehead atoms. The van der Waals surface area contributed by atoms with Crippen molar-refractivity contribution in [1.82, 2.24) is 5.32 Å². The maximum atomic E-state index is 11.2. The molecular weight excluding hydrogens is 200 g/mol. The number of allylic oxidation sites excluding steroid dienone is 1. The van der Waals surface area contributed by atoms with Gasteiger partial charge in [-0.05, 0) is 33.1 Å². The van der Waals surface area contributed by atoms with Gasteiger partial charge in [0.1, 0.15) is 0 Å². The van der Waals surface area contributed by atoms with E-state index >= 15 is 0 Å². The van der Waals surface area contributed by atoms with Crippen molar-refractivity contribution in [3.8, 4) is 0 Å². The number of nitrogens with two attached hydrogens (primary N) is 1. The Balaban J connectivity index is 4.09. The first kappa shape index (κ1) is 15.2. The summed E-state index contributed by atoms with van der Waals surface area (Å²) in [5, 5.41) is 3.43. The van der Waals surface area contributed by atoms with E-state index in [2.05, 4.69) is 18.8 Å². The molecule has 0 aromatic carbocycles. The Hall–Kier alpha value is -0.830. The Morgan fingerprint density at radius 1 is 1.50 bits per heavy atom. The van der Waals surface area contributed by atoms with Crippen LogP contribution in [-0.4, -0.2) is 18.5 Å². The fourth-order valence-electron chi connectivity index (χ4n) is 1.50. The van der Waals surface area contributed by atoms with Gasteiger partial charge in [0.15, 0.2) is 0 Å². The standard InChI is InChI=1S/C13H26N2O/c1-5-7-9-11(8-6-2)15-10-13(3,4)12(14)16/h5,11,15H,1,6-10H2,2-4H3,(H2,14,16). The molecule has 0 spiro atoms. The summed E-state index contributed by atoms with van der Waals surface area (Å²) in [6.45, 7) is 10.3. The quantitative estimate of drug-likeness (QED) is 0.592. The van der Waals surface area contributed by atoms with Gasteiger partial charge in [-0.2, -0.15) is 0 Å². The van der Waals surface area contributed by atoms with Gasteiger partial charge in [0.25, 0.3) is 0 Å². The van der Waals surface area contributed by atoms with E-state index in [1.165, 1.54) is 0 Å². The Kier molecular flexibility index (Phi) is 7.06. The predicted octanol–water partition coefficient (Wildman–Crippen LogP) is 2.22. The topological polar surface area (TPSA) is 55.1 Å². The third kappa shape index (κ3) is 5.91. The number of hydrogen-bond donors (Lipinski definition) is 2. The number of carbonyl (C=O) groups is 1. The average molecular weight is 226 g/mol. The van der Waals surface area contributed by atoms with Crippen LogP contribution in [0, 0.1) is 5.41 Å². The Bertz CT molecular complexity index is 224. The Labute approximate surface area is 99.5 Å². The van der Waals surface area contributed by atoms with Gasteiger partial charge in [0.2, 0.25) is 5.91 Å². The van der Waals surface area contributed by atoms with E-state index in [1.807, 2.05) is 19.9 Å². The Morgan fingerprint density at radius 2 is 2.12 bits per heavy atom. The molecule has 0 saturated heterocycles. The van der Waals surface area contributed by atoms with Crippen molar-refractivity contribution in [3.63, 3.8) is 0 Å². The number of nitrogens with one attached hydrogen (secondary N) is 1. The molecule has 1 amide bonds. The molecular formula is C13H26N2O. The normalized spacial score (nSPS) is 13.4. The summed E-state index contributed by atoms with van der Waals surface area (Å²) in [6.07, 6.45) is 6.29. The maximum absolute atomic E-state index is 11.2. The maximum Gasteiger partial charge on any atom is 0.224 e. The van der Waals surface area contributed by atoms with Gasteiger partial charge in [-0.3, -0.25) is 4.79 Å². The van der Waals surface area contributed by atoms with Crippen LogP contribution in [0.3, 0.4) is 0 Å². The van der Waals surface area contributed by atoms with Gasteiger partial charge >= 0.3 is 0 Å². The van der Waals surface area contributed by atoms with Gasteiger partial charge < -0.3 is 11.1 Å². The lowest BCUT2D eigenvalue weighted by atomic mass is 9.92. The molecule has 0 saturated carbocycles. The third-order valence-electron chi connectivity index (χ3n) is 2.86. The first-order valence-electron chi connectivity index (χ1n) is 6.08. The highest BCUT2D eigenvalue weighted by Crippen LogP contribution is 2.14. The second kappa shape index (κ2) is 7.44. The molecule has 3 nitrogen and oxygen atoms in total. The summed E-state index contributed by atoms with van der Waals surface area (Å²) in [5.74, 6) is -0.251. The molecule has 0 radical (unpaired) electrons. The summed E-state index contributed by atoms with van der Waals surface area (Å²) in [7, 11) is 0. The van der Waals surface area contributed by atoms with E-state index in [9.17, 15) is 4.79 Å². The highest BCUT2D eigenvalue weighted by molar-refractivity contribution is 5.80. The number of hydrogen-bond acceptors (Lipinski definition) is 2. The van der Waals surface area contributed by atoms with Crippen LogP contribution < -0.4 is 11.1 Å². The summed E-state index contributed by atoms with van der Waals surface area (Å²) >= 11 is 0. The van der Waals surface area contributed by atoms with Gasteiger partial charge in [-0.15, -0.1) is 6.58 Å². The molecule has 1 atom stereocenters. The van der Waals surface area contributed by atoms with E-state index in [-0.39, 0.29) is 5.91 Å². The lowest BCUT2D eigenvalue weighted by Gasteiger charge is -2.25. The summed E-state index contributed by atoms with van der Waals surface area (Å²) < 4.78 is 0. The molecule has 3 N–H and O–H groups in total. The molecule has 16 heavy (non-hydrogen) atoms. The molecule has 1 unspecified atom stereocenters. The monoisotopic (exact) mass is 226 g/mol. The Morgan fingerprint density at radius 3 is 2.56 bits per heavy atom. The van der Waals surface area contributed by atoms with Crippen LogP contribution in [0.25, 0.3) is 0 Å². The van der Waals surface area contributed by atoms with Crippen LogP contribution in [0.2, 0.25) is 0 Å². The minimum atomic E-state index is -0.472. The average Bonchev–Trinajstić information content (AvgIpc) is 2.22. The molecule has 0 aliphatic carbocycles. The van der Waals surface area contributed by atoms with Crippen molar-refractivity contribution in [2.75, 3.05) is 6.54 Å². The van der Waals surface area contributed by atoms with E-state index in [0.29, 0.717) is 12.6 Å². The number of rotatable bonds is 9. The second-order valence-corrected chi connectivity index (χ2v) is 4.98. The van der Waals surface area contributed by atoms with Crippen molar-refractivity contribution in [3.05, 3.63) is 12.7 Å². The zero-order chi connectivity index (χ0) is 12.6. The van der Waals surface area contributed by atoms with E-state index in [4.69, 9.17) is 5.73 Å². The van der Waals surface area contributed by atoms with E-state index < -0.39 is 5.41 Å². The predicted molar refractivity (Wildman–Crippen MR) is 69.1 cm³/mol. The zero-order valence-corrected chi connectivity index (χ0v) is 10.9. The van der Waals surface area contributed by atoms with Crippen molar-refractivity contribution < 1.29 is 4.79 Å². The largest absolute Gasteiger partial charge is 0.369 e. The molecule has 0 aliphatic heterocycles. The first-order chi connectivity index (χ1) is 7.44. The van der Waals surface area contributed by atoms with Crippen LogP contribution in [0.5, 0.6) is 0 Å². The lowest BCUT2D eigenvalue weighted by molar-refractivity contribution is -0.125. The van der Waals surface area contributed by atoms with Crippen molar-refractivity contribution in [2.45, 2.75) is 52.5 Å². The summed E-state index contributed by atoms with van der Waals surface area (Å²) in [5.41, 5.74) is 4.86. The van der Waals surface area contributed by atoms with Crippen molar-refractivity contribution in [2.24, 2.45) is 11.1 Å². The van der Waals surface area contributed by atoms with Crippen LogP contribution in [0.15, 0.2) is 12.7 Å². The van der Waals surface area contributed by atoms with Gasteiger partial charge in [-0.25, -0.2) is 0 Å². The van der Waals surface area contributed by atoms with Crippen LogP contribution in [-0.2, 0) is 4.79 Å². The smallest absolute Gasteiger partial charge is 0.224 e. The molecule has 0 aromatic heterocycles. The fourth-order valence-corrected chi connectivity index (χ4v) is 1.50. The number of amides is 1. The number of primary amides is 1. The van der Waals surface area contributed by atoms with Crippen LogP contribution in [0.1, 0.15) is 46.5 Å². The molecule has 3 heteroatoms.